The van der Waals surface area contributed by atoms with Gasteiger partial charge in [0.15, 0.2) is 6.10 Å². The summed E-state index contributed by atoms with van der Waals surface area (Å²) < 4.78 is 5.99. The zero-order valence-electron chi connectivity index (χ0n) is 14.2. The summed E-state index contributed by atoms with van der Waals surface area (Å²) in [5.74, 6) is -0.182. The Kier molecular flexibility index (Phi) is 3.24. The molecule has 0 saturated carbocycles. The van der Waals surface area contributed by atoms with E-state index in [2.05, 4.69) is 42.5 Å². The van der Waals surface area contributed by atoms with Crippen molar-refractivity contribution in [3.63, 3.8) is 0 Å². The van der Waals surface area contributed by atoms with Crippen LogP contribution in [0.5, 0.6) is 0 Å². The molecule has 0 aliphatic heterocycles. The van der Waals surface area contributed by atoms with Gasteiger partial charge < -0.3 is 4.74 Å². The number of ether oxygens (including phenoxy) is 1. The van der Waals surface area contributed by atoms with Gasteiger partial charge in [-0.3, -0.25) is 4.79 Å². The van der Waals surface area contributed by atoms with Gasteiger partial charge in [0.25, 0.3) is 0 Å². The predicted octanol–water partition coefficient (Wildman–Crippen LogP) is 5.50. The molecule has 0 saturated heterocycles. The molecule has 0 N–H and O–H groups in total. The smallest absolute Gasteiger partial charge is 0.312 e. The second-order valence-corrected chi connectivity index (χ2v) is 7.37. The maximum Gasteiger partial charge on any atom is 0.312 e. The van der Waals surface area contributed by atoms with Crippen LogP contribution in [0.1, 0.15) is 38.0 Å². The predicted molar refractivity (Wildman–Crippen MR) is 96.8 cm³/mol. The lowest BCUT2D eigenvalue weighted by atomic mass is 9.81. The number of hydrogen-bond donors (Lipinski definition) is 0. The van der Waals surface area contributed by atoms with E-state index in [0.29, 0.717) is 0 Å². The van der Waals surface area contributed by atoms with E-state index >= 15 is 0 Å². The Balaban J connectivity index is 1.98. The van der Waals surface area contributed by atoms with Crippen molar-refractivity contribution in [3.8, 4) is 11.1 Å². The second-order valence-electron chi connectivity index (χ2n) is 7.37. The van der Waals surface area contributed by atoms with Crippen molar-refractivity contribution in [3.05, 3.63) is 71.8 Å². The van der Waals surface area contributed by atoms with Crippen LogP contribution in [-0.2, 0) is 9.53 Å². The van der Waals surface area contributed by atoms with Crippen molar-refractivity contribution in [2.75, 3.05) is 0 Å². The molecular formula is C22H20O2. The van der Waals surface area contributed by atoms with E-state index in [1.165, 1.54) is 16.3 Å². The fourth-order valence-electron chi connectivity index (χ4n) is 3.36. The van der Waals surface area contributed by atoms with Crippen molar-refractivity contribution in [2.24, 2.45) is 5.41 Å². The molecule has 1 aliphatic rings. The zero-order chi connectivity index (χ0) is 16.9. The van der Waals surface area contributed by atoms with Crippen LogP contribution < -0.4 is 0 Å². The lowest BCUT2D eigenvalue weighted by Gasteiger charge is -2.30. The summed E-state index contributed by atoms with van der Waals surface area (Å²) in [5.41, 5.74) is 3.95. The molecule has 3 aromatic carbocycles. The van der Waals surface area contributed by atoms with Gasteiger partial charge >= 0.3 is 5.97 Å². The molecule has 0 heterocycles. The number of rotatable bonds is 1. The molecule has 0 amide bonds. The fraction of sp³-hybridized carbons (Fsp3) is 0.227. The lowest BCUT2D eigenvalue weighted by Crippen LogP contribution is -2.26. The standard InChI is InChI=1S/C22H20O2/c1-22(2,3)21(23)24-20-17-11-5-4-10-15(17)16-12-6-8-14-9-7-13-18(20)19(14)16/h4-13,20H,1-3H3. The van der Waals surface area contributed by atoms with Gasteiger partial charge in [-0.15, -0.1) is 0 Å². The summed E-state index contributed by atoms with van der Waals surface area (Å²) in [6.45, 7) is 5.66. The van der Waals surface area contributed by atoms with Crippen molar-refractivity contribution in [1.29, 1.82) is 0 Å². The molecule has 4 rings (SSSR count). The van der Waals surface area contributed by atoms with Crippen LogP contribution in [0.15, 0.2) is 60.7 Å². The summed E-state index contributed by atoms with van der Waals surface area (Å²) >= 11 is 0. The third-order valence-corrected chi connectivity index (χ3v) is 4.59. The van der Waals surface area contributed by atoms with E-state index in [9.17, 15) is 4.79 Å². The first kappa shape index (κ1) is 14.9. The van der Waals surface area contributed by atoms with Gasteiger partial charge in [-0.2, -0.15) is 0 Å². The Labute approximate surface area is 142 Å². The summed E-state index contributed by atoms with van der Waals surface area (Å²) in [7, 11) is 0. The molecule has 1 atom stereocenters. The van der Waals surface area contributed by atoms with Crippen LogP contribution in [0.2, 0.25) is 0 Å². The monoisotopic (exact) mass is 316 g/mol. The molecule has 0 fully saturated rings. The number of benzene rings is 3. The molecule has 0 bridgehead atoms. The summed E-state index contributed by atoms with van der Waals surface area (Å²) in [6.07, 6.45) is -0.355. The van der Waals surface area contributed by atoms with E-state index < -0.39 is 5.41 Å². The average Bonchev–Trinajstić information content (AvgIpc) is 2.57. The van der Waals surface area contributed by atoms with Crippen LogP contribution in [0.3, 0.4) is 0 Å². The van der Waals surface area contributed by atoms with Crippen molar-refractivity contribution < 1.29 is 9.53 Å². The van der Waals surface area contributed by atoms with Crippen LogP contribution in [-0.4, -0.2) is 5.97 Å². The first-order valence-corrected chi connectivity index (χ1v) is 8.29. The van der Waals surface area contributed by atoms with Gasteiger partial charge in [0.1, 0.15) is 0 Å². The highest BCUT2D eigenvalue weighted by Crippen LogP contribution is 2.46. The quantitative estimate of drug-likeness (QED) is 0.554. The first-order valence-electron chi connectivity index (χ1n) is 8.29. The molecule has 24 heavy (non-hydrogen) atoms. The molecule has 0 radical (unpaired) electrons. The molecule has 0 spiro atoms. The Morgan fingerprint density at radius 1 is 0.833 bits per heavy atom. The van der Waals surface area contributed by atoms with E-state index in [1.807, 2.05) is 39.0 Å². The van der Waals surface area contributed by atoms with Crippen molar-refractivity contribution >= 4 is 16.7 Å². The van der Waals surface area contributed by atoms with Crippen LogP contribution in [0.25, 0.3) is 21.9 Å². The summed E-state index contributed by atoms with van der Waals surface area (Å²) in [4.78, 5) is 12.6. The Bertz CT molecular complexity index is 942. The first-order chi connectivity index (χ1) is 11.5. The Hall–Kier alpha value is -2.61. The molecule has 1 aliphatic carbocycles. The van der Waals surface area contributed by atoms with Crippen LogP contribution in [0.4, 0.5) is 0 Å². The van der Waals surface area contributed by atoms with E-state index in [1.54, 1.807) is 0 Å². The van der Waals surface area contributed by atoms with Gasteiger partial charge in [0.05, 0.1) is 5.41 Å². The molecule has 3 aromatic rings. The fourth-order valence-corrected chi connectivity index (χ4v) is 3.36. The molecule has 2 heteroatoms. The largest absolute Gasteiger partial charge is 0.452 e. The SMILES string of the molecule is CC(C)(C)C(=O)OC1c2ccccc2-c2cccc3cccc1c23. The molecule has 2 nitrogen and oxygen atoms in total. The van der Waals surface area contributed by atoms with E-state index in [0.717, 1.165) is 16.7 Å². The Morgan fingerprint density at radius 3 is 2.21 bits per heavy atom. The van der Waals surface area contributed by atoms with Gasteiger partial charge in [-0.1, -0.05) is 60.7 Å². The topological polar surface area (TPSA) is 26.3 Å². The average molecular weight is 316 g/mol. The summed E-state index contributed by atoms with van der Waals surface area (Å²) in [5, 5.41) is 2.36. The minimum absolute atomic E-state index is 0.182. The molecule has 0 aromatic heterocycles. The molecular weight excluding hydrogens is 296 g/mol. The molecule has 1 unspecified atom stereocenters. The second kappa shape index (κ2) is 5.20. The third kappa shape index (κ3) is 2.22. The Morgan fingerprint density at radius 2 is 1.46 bits per heavy atom. The minimum atomic E-state index is -0.528. The van der Waals surface area contributed by atoms with Gasteiger partial charge in [-0.05, 0) is 42.7 Å². The normalized spacial score (nSPS) is 15.9. The van der Waals surface area contributed by atoms with Crippen LogP contribution in [0, 0.1) is 5.41 Å². The number of carbonyl (C=O) groups is 1. The zero-order valence-corrected chi connectivity index (χ0v) is 14.2. The number of carbonyl (C=O) groups excluding carboxylic acids is 1. The summed E-state index contributed by atoms with van der Waals surface area (Å²) in [6, 6.07) is 20.8. The maximum absolute atomic E-state index is 12.6. The van der Waals surface area contributed by atoms with Gasteiger partial charge in [0.2, 0.25) is 0 Å². The number of hydrogen-bond acceptors (Lipinski definition) is 2. The third-order valence-electron chi connectivity index (χ3n) is 4.59. The number of esters is 1. The van der Waals surface area contributed by atoms with E-state index in [-0.39, 0.29) is 12.1 Å². The lowest BCUT2D eigenvalue weighted by molar-refractivity contribution is -0.157. The van der Waals surface area contributed by atoms with Crippen molar-refractivity contribution in [1.82, 2.24) is 0 Å². The minimum Gasteiger partial charge on any atom is -0.452 e. The maximum atomic E-state index is 12.6. The van der Waals surface area contributed by atoms with Crippen LogP contribution >= 0.6 is 0 Å². The highest BCUT2D eigenvalue weighted by molar-refractivity contribution is 6.02. The number of fused-ring (bicyclic) bond motifs is 2. The van der Waals surface area contributed by atoms with Gasteiger partial charge in [0, 0.05) is 11.1 Å². The van der Waals surface area contributed by atoms with E-state index in [4.69, 9.17) is 4.74 Å². The highest BCUT2D eigenvalue weighted by Gasteiger charge is 2.32. The van der Waals surface area contributed by atoms with Gasteiger partial charge in [-0.25, -0.2) is 0 Å². The highest BCUT2D eigenvalue weighted by atomic mass is 16.5. The van der Waals surface area contributed by atoms with Crippen molar-refractivity contribution in [2.45, 2.75) is 26.9 Å². The molecule has 120 valence electrons.